The highest BCUT2D eigenvalue weighted by Gasteiger charge is 2.03. The van der Waals surface area contributed by atoms with Crippen LogP contribution in [0.4, 0.5) is 0 Å². The smallest absolute Gasteiger partial charge is 0.213 e. The molecule has 0 saturated heterocycles. The maximum atomic E-state index is 10.4. The Hall–Kier alpha value is -1.83. The maximum absolute atomic E-state index is 10.4. The molecule has 0 radical (unpaired) electrons. The molecule has 0 N–H and O–H groups in total. The van der Waals surface area contributed by atoms with Crippen LogP contribution in [0.2, 0.25) is 0 Å². The third-order valence-corrected chi connectivity index (χ3v) is 2.21. The zero-order valence-electron chi connectivity index (χ0n) is 7.76. The van der Waals surface area contributed by atoms with Gasteiger partial charge >= 0.3 is 0 Å². The van der Waals surface area contributed by atoms with Crippen molar-refractivity contribution in [3.05, 3.63) is 54.2 Å². The summed E-state index contributed by atoms with van der Waals surface area (Å²) in [7, 11) is 0. The second-order valence-electron chi connectivity index (χ2n) is 3.14. The summed E-state index contributed by atoms with van der Waals surface area (Å²) >= 11 is 0. The van der Waals surface area contributed by atoms with E-state index in [2.05, 4.69) is 12.1 Å². The lowest BCUT2D eigenvalue weighted by Gasteiger charge is -2.15. The zero-order valence-corrected chi connectivity index (χ0v) is 7.76. The van der Waals surface area contributed by atoms with Crippen molar-refractivity contribution in [3.63, 3.8) is 0 Å². The summed E-state index contributed by atoms with van der Waals surface area (Å²) < 4.78 is 0. The van der Waals surface area contributed by atoms with Crippen molar-refractivity contribution in [3.8, 4) is 0 Å². The van der Waals surface area contributed by atoms with Crippen molar-refractivity contribution in [2.75, 3.05) is 6.54 Å². The number of carbonyl (C=O) groups is 1. The number of carbonyl (C=O) groups excluding carboxylic acids is 1. The van der Waals surface area contributed by atoms with Crippen molar-refractivity contribution < 1.29 is 4.79 Å². The van der Waals surface area contributed by atoms with Crippen LogP contribution in [0.15, 0.2) is 48.7 Å². The second-order valence-corrected chi connectivity index (χ2v) is 3.14. The molecule has 0 bridgehead atoms. The molecule has 0 fully saturated rings. The lowest BCUT2D eigenvalue weighted by atomic mass is 10.0. The molecule has 1 aliphatic rings. The standard InChI is InChI=1S/C12H11NO/c14-10-13-8-6-12(7-9-13)11-4-2-1-3-5-11/h1-8,10H,9H2. The molecule has 2 rings (SSSR count). The Balaban J connectivity index is 2.20. The summed E-state index contributed by atoms with van der Waals surface area (Å²) in [5.41, 5.74) is 2.36. The number of allylic oxidation sites excluding steroid dienone is 2. The van der Waals surface area contributed by atoms with E-state index in [4.69, 9.17) is 0 Å². The lowest BCUT2D eigenvalue weighted by molar-refractivity contribution is -0.115. The Morgan fingerprint density at radius 1 is 1.21 bits per heavy atom. The number of hydrogen-bond acceptors (Lipinski definition) is 1. The summed E-state index contributed by atoms with van der Waals surface area (Å²) in [5.74, 6) is 0. The van der Waals surface area contributed by atoms with Gasteiger partial charge < -0.3 is 4.90 Å². The van der Waals surface area contributed by atoms with Gasteiger partial charge in [0.05, 0.1) is 0 Å². The van der Waals surface area contributed by atoms with E-state index >= 15 is 0 Å². The molecule has 1 aromatic rings. The fraction of sp³-hybridized carbons (Fsp3) is 0.0833. The van der Waals surface area contributed by atoms with Crippen LogP contribution >= 0.6 is 0 Å². The molecule has 1 aromatic carbocycles. The Labute approximate surface area is 83.2 Å². The summed E-state index contributed by atoms with van der Waals surface area (Å²) in [4.78, 5) is 12.1. The summed E-state index contributed by atoms with van der Waals surface area (Å²) in [6.07, 6.45) is 6.63. The molecule has 0 atom stereocenters. The van der Waals surface area contributed by atoms with Gasteiger partial charge in [0.2, 0.25) is 6.41 Å². The molecule has 0 spiro atoms. The van der Waals surface area contributed by atoms with Gasteiger partial charge in [-0.05, 0) is 17.2 Å². The van der Waals surface area contributed by atoms with Gasteiger partial charge in [-0.1, -0.05) is 36.4 Å². The highest BCUT2D eigenvalue weighted by Crippen LogP contribution is 2.18. The number of amides is 1. The number of benzene rings is 1. The minimum absolute atomic E-state index is 0.657. The fourth-order valence-corrected chi connectivity index (χ4v) is 1.43. The van der Waals surface area contributed by atoms with E-state index in [0.29, 0.717) is 6.54 Å². The molecule has 1 amide bonds. The SMILES string of the molecule is O=CN1C=CC(c2ccccc2)=CC1. The quantitative estimate of drug-likeness (QED) is 0.646. The van der Waals surface area contributed by atoms with E-state index in [1.807, 2.05) is 30.4 Å². The molecule has 1 heterocycles. The molecule has 2 heteroatoms. The highest BCUT2D eigenvalue weighted by molar-refractivity contribution is 5.75. The van der Waals surface area contributed by atoms with Crippen LogP contribution in [0, 0.1) is 0 Å². The van der Waals surface area contributed by atoms with Crippen molar-refractivity contribution in [2.45, 2.75) is 0 Å². The van der Waals surface area contributed by atoms with Crippen LogP contribution in [-0.2, 0) is 4.79 Å². The van der Waals surface area contributed by atoms with Crippen LogP contribution in [-0.4, -0.2) is 17.9 Å². The minimum Gasteiger partial charge on any atom is -0.318 e. The second kappa shape index (κ2) is 3.92. The van der Waals surface area contributed by atoms with E-state index in [1.54, 1.807) is 11.1 Å². The molecular weight excluding hydrogens is 174 g/mol. The third kappa shape index (κ3) is 1.74. The Morgan fingerprint density at radius 3 is 2.57 bits per heavy atom. The van der Waals surface area contributed by atoms with Gasteiger partial charge in [-0.3, -0.25) is 4.79 Å². The molecule has 0 aliphatic carbocycles. The van der Waals surface area contributed by atoms with Gasteiger partial charge in [-0.2, -0.15) is 0 Å². The molecule has 14 heavy (non-hydrogen) atoms. The molecule has 1 aliphatic heterocycles. The monoisotopic (exact) mass is 185 g/mol. The first kappa shape index (κ1) is 8.75. The minimum atomic E-state index is 0.657. The molecule has 0 unspecified atom stereocenters. The molecule has 70 valence electrons. The molecule has 0 saturated carbocycles. The predicted octanol–water partition coefficient (Wildman–Crippen LogP) is 2.06. The molecule has 0 aromatic heterocycles. The van der Waals surface area contributed by atoms with E-state index in [0.717, 1.165) is 6.41 Å². The number of hydrogen-bond donors (Lipinski definition) is 0. The largest absolute Gasteiger partial charge is 0.318 e. The van der Waals surface area contributed by atoms with Crippen molar-refractivity contribution in [2.24, 2.45) is 0 Å². The first-order chi connectivity index (χ1) is 6.90. The molecular formula is C12H11NO. The number of nitrogens with zero attached hydrogens (tertiary/aromatic N) is 1. The average molecular weight is 185 g/mol. The third-order valence-electron chi connectivity index (χ3n) is 2.21. The Bertz CT molecular complexity index is 379. The Kier molecular flexibility index (Phi) is 2.45. The molecule has 2 nitrogen and oxygen atoms in total. The topological polar surface area (TPSA) is 20.3 Å². The van der Waals surface area contributed by atoms with Crippen LogP contribution in [0.1, 0.15) is 5.56 Å². The number of rotatable bonds is 2. The van der Waals surface area contributed by atoms with E-state index in [1.165, 1.54) is 11.1 Å². The van der Waals surface area contributed by atoms with Gasteiger partial charge in [-0.25, -0.2) is 0 Å². The van der Waals surface area contributed by atoms with Gasteiger partial charge in [0.1, 0.15) is 0 Å². The first-order valence-electron chi connectivity index (χ1n) is 4.55. The van der Waals surface area contributed by atoms with E-state index in [9.17, 15) is 4.79 Å². The van der Waals surface area contributed by atoms with Gasteiger partial charge in [0, 0.05) is 12.7 Å². The van der Waals surface area contributed by atoms with Crippen LogP contribution < -0.4 is 0 Å². The highest BCUT2D eigenvalue weighted by atomic mass is 16.1. The van der Waals surface area contributed by atoms with E-state index in [-0.39, 0.29) is 0 Å². The maximum Gasteiger partial charge on any atom is 0.213 e. The van der Waals surface area contributed by atoms with Gasteiger partial charge in [0.15, 0.2) is 0 Å². The van der Waals surface area contributed by atoms with Crippen LogP contribution in [0.25, 0.3) is 5.57 Å². The van der Waals surface area contributed by atoms with Gasteiger partial charge in [0.25, 0.3) is 0 Å². The van der Waals surface area contributed by atoms with Crippen molar-refractivity contribution >= 4 is 12.0 Å². The van der Waals surface area contributed by atoms with Crippen molar-refractivity contribution in [1.29, 1.82) is 0 Å². The average Bonchev–Trinajstić information content (AvgIpc) is 2.30. The fourth-order valence-electron chi connectivity index (χ4n) is 1.43. The summed E-state index contributed by atoms with van der Waals surface area (Å²) in [6, 6.07) is 10.1. The zero-order chi connectivity index (χ0) is 9.80. The van der Waals surface area contributed by atoms with Crippen LogP contribution in [0.5, 0.6) is 0 Å². The lowest BCUT2D eigenvalue weighted by Crippen LogP contribution is -2.17. The van der Waals surface area contributed by atoms with E-state index < -0.39 is 0 Å². The Morgan fingerprint density at radius 2 is 2.00 bits per heavy atom. The summed E-state index contributed by atoms with van der Waals surface area (Å²) in [5, 5.41) is 0. The first-order valence-corrected chi connectivity index (χ1v) is 4.55. The normalized spacial score (nSPS) is 15.1. The van der Waals surface area contributed by atoms with Gasteiger partial charge in [-0.15, -0.1) is 0 Å². The van der Waals surface area contributed by atoms with Crippen LogP contribution in [0.3, 0.4) is 0 Å². The predicted molar refractivity (Wildman–Crippen MR) is 56.3 cm³/mol. The summed E-state index contributed by atoms with van der Waals surface area (Å²) in [6.45, 7) is 0.657. The van der Waals surface area contributed by atoms with Crippen molar-refractivity contribution in [1.82, 2.24) is 4.90 Å².